The summed E-state index contributed by atoms with van der Waals surface area (Å²) in [5.74, 6) is -1.09. The second-order valence-electron chi connectivity index (χ2n) is 4.49. The van der Waals surface area contributed by atoms with Gasteiger partial charge >= 0.3 is 0 Å². The number of rotatable bonds is 6. The molecular formula is C16H15F2NO2S. The first-order valence-electron chi connectivity index (χ1n) is 6.56. The number of hydrogen-bond donors (Lipinski definition) is 1. The molecule has 0 saturated carbocycles. The number of halogens is 2. The van der Waals surface area contributed by atoms with Gasteiger partial charge in [-0.05, 0) is 35.9 Å². The number of thioether (sulfide) groups is 1. The molecule has 0 radical (unpaired) electrons. The Morgan fingerprint density at radius 3 is 2.50 bits per heavy atom. The van der Waals surface area contributed by atoms with E-state index in [1.165, 1.54) is 6.07 Å². The summed E-state index contributed by atoms with van der Waals surface area (Å²) in [6.45, 7) is 0.404. The zero-order valence-electron chi connectivity index (χ0n) is 11.9. The van der Waals surface area contributed by atoms with Crippen LogP contribution in [0, 0.1) is 11.6 Å². The third-order valence-electron chi connectivity index (χ3n) is 2.91. The smallest absolute Gasteiger partial charge is 0.230 e. The van der Waals surface area contributed by atoms with Crippen LogP contribution >= 0.6 is 11.8 Å². The van der Waals surface area contributed by atoms with Crippen LogP contribution in [0.15, 0.2) is 47.4 Å². The van der Waals surface area contributed by atoms with Crippen LogP contribution < -0.4 is 10.1 Å². The molecule has 1 N–H and O–H groups in total. The fourth-order valence-corrected chi connectivity index (χ4v) is 2.46. The summed E-state index contributed by atoms with van der Waals surface area (Å²) < 4.78 is 30.9. The van der Waals surface area contributed by atoms with Crippen LogP contribution in [-0.4, -0.2) is 18.8 Å². The minimum absolute atomic E-state index is 0.140. The Bertz CT molecular complexity index is 647. The van der Waals surface area contributed by atoms with Gasteiger partial charge in [-0.1, -0.05) is 12.1 Å². The molecule has 0 heterocycles. The van der Waals surface area contributed by atoms with E-state index in [1.54, 1.807) is 7.11 Å². The van der Waals surface area contributed by atoms with Gasteiger partial charge in [-0.25, -0.2) is 8.78 Å². The molecule has 6 heteroatoms. The van der Waals surface area contributed by atoms with Crippen LogP contribution in [0.25, 0.3) is 0 Å². The maximum atomic E-state index is 13.0. The van der Waals surface area contributed by atoms with Crippen LogP contribution in [0.1, 0.15) is 5.56 Å². The molecule has 1 amide bonds. The molecule has 0 aliphatic rings. The zero-order valence-corrected chi connectivity index (χ0v) is 12.8. The molecule has 0 bridgehead atoms. The number of hydrogen-bond acceptors (Lipinski definition) is 3. The topological polar surface area (TPSA) is 38.3 Å². The third-order valence-corrected chi connectivity index (χ3v) is 3.90. The van der Waals surface area contributed by atoms with Gasteiger partial charge in [0.1, 0.15) is 5.75 Å². The van der Waals surface area contributed by atoms with E-state index in [1.807, 2.05) is 24.3 Å². The molecule has 3 nitrogen and oxygen atoms in total. The predicted octanol–water partition coefficient (Wildman–Crippen LogP) is 3.38. The SMILES string of the molecule is COc1ccc(CNC(=O)CSc2ccc(F)c(F)c2)cc1. The van der Waals surface area contributed by atoms with E-state index in [0.717, 1.165) is 35.2 Å². The molecule has 0 unspecified atom stereocenters. The molecule has 116 valence electrons. The van der Waals surface area contributed by atoms with E-state index in [0.29, 0.717) is 11.4 Å². The van der Waals surface area contributed by atoms with Crippen molar-refractivity contribution >= 4 is 17.7 Å². The quantitative estimate of drug-likeness (QED) is 0.828. The highest BCUT2D eigenvalue weighted by Crippen LogP contribution is 2.20. The van der Waals surface area contributed by atoms with Crippen molar-refractivity contribution in [2.24, 2.45) is 0 Å². The largest absolute Gasteiger partial charge is 0.497 e. The van der Waals surface area contributed by atoms with Gasteiger partial charge in [0.15, 0.2) is 11.6 Å². The number of benzene rings is 2. The van der Waals surface area contributed by atoms with Crippen molar-refractivity contribution in [1.82, 2.24) is 5.32 Å². The Morgan fingerprint density at radius 1 is 1.14 bits per heavy atom. The lowest BCUT2D eigenvalue weighted by Crippen LogP contribution is -2.24. The normalized spacial score (nSPS) is 10.3. The molecule has 0 aliphatic heterocycles. The van der Waals surface area contributed by atoms with Crippen LogP contribution in [-0.2, 0) is 11.3 Å². The molecule has 22 heavy (non-hydrogen) atoms. The van der Waals surface area contributed by atoms with E-state index in [-0.39, 0.29) is 11.7 Å². The van der Waals surface area contributed by atoms with Gasteiger partial charge in [-0.2, -0.15) is 0 Å². The Hall–Kier alpha value is -2.08. The standard InChI is InChI=1S/C16H15F2NO2S/c1-21-12-4-2-11(3-5-12)9-19-16(20)10-22-13-6-7-14(17)15(18)8-13/h2-8H,9-10H2,1H3,(H,19,20). The van der Waals surface area contributed by atoms with Crippen molar-refractivity contribution in [1.29, 1.82) is 0 Å². The first kappa shape index (κ1) is 16.3. The van der Waals surface area contributed by atoms with Gasteiger partial charge in [0, 0.05) is 11.4 Å². The average molecular weight is 323 g/mol. The monoisotopic (exact) mass is 323 g/mol. The number of carbonyl (C=O) groups is 1. The Balaban J connectivity index is 1.78. The molecule has 2 aromatic carbocycles. The Labute approximate surface area is 131 Å². The lowest BCUT2D eigenvalue weighted by Gasteiger charge is -2.06. The summed E-state index contributed by atoms with van der Waals surface area (Å²) in [6, 6.07) is 10.9. The van der Waals surface area contributed by atoms with E-state index < -0.39 is 11.6 Å². The van der Waals surface area contributed by atoms with Gasteiger partial charge in [-0.3, -0.25) is 4.79 Å². The van der Waals surface area contributed by atoms with Gasteiger partial charge in [0.2, 0.25) is 5.91 Å². The van der Waals surface area contributed by atoms with E-state index in [2.05, 4.69) is 5.32 Å². The summed E-state index contributed by atoms with van der Waals surface area (Å²) in [4.78, 5) is 12.3. The predicted molar refractivity (Wildman–Crippen MR) is 81.9 cm³/mol. The lowest BCUT2D eigenvalue weighted by molar-refractivity contribution is -0.118. The van der Waals surface area contributed by atoms with E-state index in [4.69, 9.17) is 4.74 Å². The lowest BCUT2D eigenvalue weighted by atomic mass is 10.2. The third kappa shape index (κ3) is 4.73. The minimum atomic E-state index is -0.913. The molecule has 0 atom stereocenters. The van der Waals surface area contributed by atoms with Crippen molar-refractivity contribution in [3.63, 3.8) is 0 Å². The van der Waals surface area contributed by atoms with Gasteiger partial charge < -0.3 is 10.1 Å². The number of ether oxygens (including phenoxy) is 1. The fraction of sp³-hybridized carbons (Fsp3) is 0.188. The maximum Gasteiger partial charge on any atom is 0.230 e. The van der Waals surface area contributed by atoms with Crippen molar-refractivity contribution in [2.45, 2.75) is 11.4 Å². The summed E-state index contributed by atoms with van der Waals surface area (Å²) in [6.07, 6.45) is 0. The molecule has 0 spiro atoms. The maximum absolute atomic E-state index is 13.0. The van der Waals surface area contributed by atoms with E-state index >= 15 is 0 Å². The summed E-state index contributed by atoms with van der Waals surface area (Å²) in [5, 5.41) is 2.76. The second-order valence-corrected chi connectivity index (χ2v) is 5.54. The first-order chi connectivity index (χ1) is 10.6. The van der Waals surface area contributed by atoms with Crippen LogP contribution in [0.2, 0.25) is 0 Å². The summed E-state index contributed by atoms with van der Waals surface area (Å²) in [7, 11) is 1.59. The van der Waals surface area contributed by atoms with Gasteiger partial charge in [-0.15, -0.1) is 11.8 Å². The van der Waals surface area contributed by atoms with Crippen molar-refractivity contribution in [2.75, 3.05) is 12.9 Å². The number of methoxy groups -OCH3 is 1. The van der Waals surface area contributed by atoms with Crippen LogP contribution in [0.5, 0.6) is 5.75 Å². The molecule has 0 aromatic heterocycles. The molecule has 0 aliphatic carbocycles. The molecule has 0 saturated heterocycles. The Morgan fingerprint density at radius 2 is 1.86 bits per heavy atom. The highest BCUT2D eigenvalue weighted by atomic mass is 32.2. The average Bonchev–Trinajstić information content (AvgIpc) is 2.54. The number of carbonyl (C=O) groups excluding carboxylic acids is 1. The second kappa shape index (κ2) is 7.79. The Kier molecular flexibility index (Phi) is 5.77. The van der Waals surface area contributed by atoms with Crippen molar-refractivity contribution in [3.8, 4) is 5.75 Å². The van der Waals surface area contributed by atoms with Crippen LogP contribution in [0.4, 0.5) is 8.78 Å². The summed E-state index contributed by atoms with van der Waals surface area (Å²) in [5.41, 5.74) is 0.951. The highest BCUT2D eigenvalue weighted by Gasteiger charge is 2.06. The van der Waals surface area contributed by atoms with Crippen LogP contribution in [0.3, 0.4) is 0 Å². The number of amides is 1. The summed E-state index contributed by atoms with van der Waals surface area (Å²) >= 11 is 1.15. The zero-order chi connectivity index (χ0) is 15.9. The first-order valence-corrected chi connectivity index (χ1v) is 7.54. The molecule has 0 fully saturated rings. The molecular weight excluding hydrogens is 308 g/mol. The number of nitrogens with one attached hydrogen (secondary N) is 1. The van der Waals surface area contributed by atoms with Crippen molar-refractivity contribution in [3.05, 3.63) is 59.7 Å². The van der Waals surface area contributed by atoms with Gasteiger partial charge in [0.25, 0.3) is 0 Å². The van der Waals surface area contributed by atoms with Gasteiger partial charge in [0.05, 0.1) is 12.9 Å². The molecule has 2 rings (SSSR count). The molecule has 2 aromatic rings. The van der Waals surface area contributed by atoms with Crippen molar-refractivity contribution < 1.29 is 18.3 Å². The fourth-order valence-electron chi connectivity index (χ4n) is 1.71. The highest BCUT2D eigenvalue weighted by molar-refractivity contribution is 8.00. The van der Waals surface area contributed by atoms with E-state index in [9.17, 15) is 13.6 Å². The minimum Gasteiger partial charge on any atom is -0.497 e.